The van der Waals surface area contributed by atoms with Crippen molar-refractivity contribution in [3.8, 4) is 18.1 Å². The number of phenols is 1. The molecule has 1 fully saturated rings. The predicted molar refractivity (Wildman–Crippen MR) is 221 cm³/mol. The Labute approximate surface area is 347 Å². The van der Waals surface area contributed by atoms with Gasteiger partial charge >= 0.3 is 11.9 Å². The minimum atomic E-state index is -1.16. The minimum absolute atomic E-state index is 0.0489. The molecule has 1 aliphatic heterocycles. The highest BCUT2D eigenvalue weighted by atomic mass is 32.1. The SMILES string of the molecule is C#CCCCON(C(=O)[C@@H](NC(=O)C1CCCCN1C)[C@@H](C)CC)[C@H](C[C@@H](OC(C)=O)c1nc(C(=O)N[C@@H](Cc2ccc(O)cc2)CC(C)(C)C(=O)O)cs1)C(C)C. The number of thiazole rings is 1. The van der Waals surface area contributed by atoms with Crippen molar-refractivity contribution in [3.05, 3.63) is 45.9 Å². The van der Waals surface area contributed by atoms with E-state index in [0.717, 1.165) is 36.3 Å². The first-order valence-electron chi connectivity index (χ1n) is 20.2. The Balaban J connectivity index is 1.94. The summed E-state index contributed by atoms with van der Waals surface area (Å²) in [5, 5.41) is 28.8. The maximum Gasteiger partial charge on any atom is 0.309 e. The van der Waals surface area contributed by atoms with Crippen molar-refractivity contribution in [2.45, 2.75) is 137 Å². The number of aromatic nitrogens is 1. The van der Waals surface area contributed by atoms with Crippen molar-refractivity contribution in [1.82, 2.24) is 25.6 Å². The summed E-state index contributed by atoms with van der Waals surface area (Å²) in [5.74, 6) is -0.576. The number of phenolic OH excluding ortho intramolecular Hbond substituents is 1. The Kier molecular flexibility index (Phi) is 18.6. The molecule has 1 unspecified atom stereocenters. The van der Waals surface area contributed by atoms with E-state index in [-0.39, 0.29) is 54.7 Å². The number of rotatable bonds is 22. The van der Waals surface area contributed by atoms with Crippen LogP contribution in [0, 0.1) is 29.6 Å². The molecule has 0 bridgehead atoms. The van der Waals surface area contributed by atoms with Crippen LogP contribution in [0.15, 0.2) is 29.6 Å². The molecule has 1 aromatic heterocycles. The number of carbonyl (C=O) groups excluding carboxylic acids is 4. The van der Waals surface area contributed by atoms with Crippen molar-refractivity contribution in [2.75, 3.05) is 20.2 Å². The molecule has 6 atom stereocenters. The van der Waals surface area contributed by atoms with Gasteiger partial charge < -0.3 is 25.6 Å². The molecule has 0 spiro atoms. The van der Waals surface area contributed by atoms with E-state index in [1.165, 1.54) is 24.1 Å². The number of carboxylic acid groups (broad SMARTS) is 1. The summed E-state index contributed by atoms with van der Waals surface area (Å²) < 4.78 is 5.83. The Morgan fingerprint density at radius 3 is 2.40 bits per heavy atom. The molecule has 1 saturated heterocycles. The normalized spacial score (nSPS) is 17.3. The lowest BCUT2D eigenvalue weighted by Gasteiger charge is -2.39. The van der Waals surface area contributed by atoms with Crippen molar-refractivity contribution >= 4 is 41.0 Å². The number of terminal acetylenes is 1. The fourth-order valence-corrected chi connectivity index (χ4v) is 7.83. The fraction of sp³-hybridized carbons (Fsp3) is 0.628. The van der Waals surface area contributed by atoms with Crippen molar-refractivity contribution in [2.24, 2.45) is 17.3 Å². The number of nitrogens with zero attached hydrogens (tertiary/aromatic N) is 3. The van der Waals surface area contributed by atoms with Crippen LogP contribution in [0.1, 0.15) is 127 Å². The molecule has 3 rings (SSSR count). The highest BCUT2D eigenvalue weighted by Crippen LogP contribution is 2.32. The van der Waals surface area contributed by atoms with Crippen LogP contribution in [0.2, 0.25) is 0 Å². The van der Waals surface area contributed by atoms with E-state index in [9.17, 15) is 34.2 Å². The molecule has 0 saturated carbocycles. The van der Waals surface area contributed by atoms with Crippen LogP contribution >= 0.6 is 11.3 Å². The van der Waals surface area contributed by atoms with Gasteiger partial charge in [0.2, 0.25) is 5.91 Å². The lowest BCUT2D eigenvalue weighted by Crippen LogP contribution is -2.58. The smallest absolute Gasteiger partial charge is 0.309 e. The number of esters is 1. The molecule has 15 heteroatoms. The number of unbranched alkanes of at least 4 members (excludes halogenated alkanes) is 1. The van der Waals surface area contributed by atoms with Gasteiger partial charge in [-0.3, -0.25) is 33.7 Å². The summed E-state index contributed by atoms with van der Waals surface area (Å²) >= 11 is 1.12. The first-order valence-corrected chi connectivity index (χ1v) is 21.1. The highest BCUT2D eigenvalue weighted by Gasteiger charge is 2.40. The average Bonchev–Trinajstić information content (AvgIpc) is 3.67. The first-order chi connectivity index (χ1) is 27.4. The summed E-state index contributed by atoms with van der Waals surface area (Å²) in [4.78, 5) is 79.5. The molecule has 14 nitrogen and oxygen atoms in total. The third-order valence-electron chi connectivity index (χ3n) is 10.7. The molecule has 4 N–H and O–H groups in total. The van der Waals surface area contributed by atoms with Crippen LogP contribution in [0.3, 0.4) is 0 Å². The number of amides is 3. The summed E-state index contributed by atoms with van der Waals surface area (Å²) in [7, 11) is 1.91. The molecule has 3 amide bonds. The topological polar surface area (TPSA) is 188 Å². The number of likely N-dealkylation sites (tertiary alicyclic amines) is 1. The molecule has 58 heavy (non-hydrogen) atoms. The minimum Gasteiger partial charge on any atom is -0.508 e. The van der Waals surface area contributed by atoms with Gasteiger partial charge in [0, 0.05) is 31.2 Å². The molecule has 2 heterocycles. The van der Waals surface area contributed by atoms with Crippen molar-refractivity contribution < 1.29 is 43.8 Å². The summed E-state index contributed by atoms with van der Waals surface area (Å²) in [5.41, 5.74) is -0.327. The second-order valence-electron chi connectivity index (χ2n) is 16.3. The quantitative estimate of drug-likeness (QED) is 0.0479. The number of hydrogen-bond acceptors (Lipinski definition) is 11. The molecule has 1 aromatic carbocycles. The number of hydrogen-bond donors (Lipinski definition) is 4. The predicted octanol–water partition coefficient (Wildman–Crippen LogP) is 5.90. The van der Waals surface area contributed by atoms with E-state index < -0.39 is 53.4 Å². The Bertz CT molecular complexity index is 1720. The van der Waals surface area contributed by atoms with Gasteiger partial charge in [0.1, 0.15) is 22.5 Å². The summed E-state index contributed by atoms with van der Waals surface area (Å²) in [6, 6.07) is 3.94. The lowest BCUT2D eigenvalue weighted by molar-refractivity contribution is -0.213. The van der Waals surface area contributed by atoms with Crippen molar-refractivity contribution in [3.63, 3.8) is 0 Å². The molecule has 1 aliphatic rings. The van der Waals surface area contributed by atoms with E-state index in [4.69, 9.17) is 16.0 Å². The summed E-state index contributed by atoms with van der Waals surface area (Å²) in [6.45, 7) is 13.1. The number of nitrogens with one attached hydrogen (secondary N) is 2. The maximum absolute atomic E-state index is 14.7. The van der Waals surface area contributed by atoms with Gasteiger partial charge in [0.15, 0.2) is 6.10 Å². The van der Waals surface area contributed by atoms with Crippen LogP contribution in [-0.2, 0) is 35.2 Å². The number of hydroxylamine groups is 2. The maximum atomic E-state index is 14.7. The molecule has 320 valence electrons. The summed E-state index contributed by atoms with van der Waals surface area (Å²) in [6.07, 6.45) is 9.14. The van der Waals surface area contributed by atoms with Gasteiger partial charge in [0.05, 0.1) is 24.1 Å². The average molecular weight is 826 g/mol. The molecule has 0 aliphatic carbocycles. The van der Waals surface area contributed by atoms with Crippen LogP contribution in [0.5, 0.6) is 5.75 Å². The number of benzene rings is 1. The number of carboxylic acids is 1. The van der Waals surface area contributed by atoms with Crippen LogP contribution in [-0.4, -0.2) is 99.2 Å². The zero-order valence-electron chi connectivity index (χ0n) is 35.3. The van der Waals surface area contributed by atoms with Gasteiger partial charge in [-0.05, 0) is 89.1 Å². The number of aromatic hydroxyl groups is 1. The molecular formula is C43H63N5O9S. The lowest BCUT2D eigenvalue weighted by atomic mass is 9.84. The van der Waals surface area contributed by atoms with Crippen LogP contribution in [0.25, 0.3) is 0 Å². The molecule has 0 radical (unpaired) electrons. The van der Waals surface area contributed by atoms with Gasteiger partial charge in [-0.25, -0.2) is 10.0 Å². The molecular weight excluding hydrogens is 763 g/mol. The van der Waals surface area contributed by atoms with E-state index in [1.54, 1.807) is 31.4 Å². The van der Waals surface area contributed by atoms with Gasteiger partial charge in [-0.1, -0.05) is 52.7 Å². The number of likely N-dealkylation sites (N-methyl/N-ethyl adjacent to an activating group) is 1. The Morgan fingerprint density at radius 1 is 1.12 bits per heavy atom. The van der Waals surface area contributed by atoms with E-state index in [1.807, 2.05) is 39.6 Å². The standard InChI is InChI=1S/C43H63N5O9S/c1-10-12-15-22-56-48(41(53)37(28(5)11-2)46-39(52)34-16-13-14-21-47(34)9)35(27(3)4)24-36(57-29(6)49)40-45-33(26-58-40)38(51)44-31(25-43(7,8)42(54)55)23-30-17-19-32(50)20-18-30/h1,17-20,26-28,31,34-37,50H,11-16,21-25H2,2-9H3,(H,44,51)(H,46,52)(H,54,55)/t28-,31-,34?,35+,36+,37-/m0/s1. The van der Waals surface area contributed by atoms with Crippen molar-refractivity contribution in [1.29, 1.82) is 0 Å². The largest absolute Gasteiger partial charge is 0.508 e. The third-order valence-corrected chi connectivity index (χ3v) is 11.7. The van der Waals surface area contributed by atoms with E-state index >= 15 is 0 Å². The van der Waals surface area contributed by atoms with Crippen LogP contribution in [0.4, 0.5) is 0 Å². The number of aliphatic carboxylic acids is 1. The number of ether oxygens (including phenoxy) is 1. The Hall–Kier alpha value is -4.52. The highest BCUT2D eigenvalue weighted by molar-refractivity contribution is 7.09. The van der Waals surface area contributed by atoms with E-state index in [0.29, 0.717) is 37.1 Å². The number of piperidine rings is 1. The van der Waals surface area contributed by atoms with Gasteiger partial charge in [-0.2, -0.15) is 0 Å². The zero-order valence-corrected chi connectivity index (χ0v) is 36.1. The van der Waals surface area contributed by atoms with E-state index in [2.05, 4.69) is 21.5 Å². The third kappa shape index (κ3) is 14.1. The first kappa shape index (κ1) is 47.9. The van der Waals surface area contributed by atoms with Crippen LogP contribution < -0.4 is 10.6 Å². The van der Waals surface area contributed by atoms with Gasteiger partial charge in [-0.15, -0.1) is 23.7 Å². The second-order valence-corrected chi connectivity index (χ2v) is 17.2. The van der Waals surface area contributed by atoms with Gasteiger partial charge in [0.25, 0.3) is 11.8 Å². The Morgan fingerprint density at radius 2 is 1.81 bits per heavy atom. The fourth-order valence-electron chi connectivity index (χ4n) is 6.99. The number of carbonyl (C=O) groups is 5. The molecule has 2 aromatic rings. The monoisotopic (exact) mass is 825 g/mol. The zero-order chi connectivity index (χ0) is 43.2. The second kappa shape index (κ2) is 22.6.